The summed E-state index contributed by atoms with van der Waals surface area (Å²) in [6, 6.07) is 11.6. The zero-order valence-corrected chi connectivity index (χ0v) is 16.2. The summed E-state index contributed by atoms with van der Waals surface area (Å²) < 4.78 is 11.1. The summed E-state index contributed by atoms with van der Waals surface area (Å²) >= 11 is 0. The summed E-state index contributed by atoms with van der Waals surface area (Å²) in [6.07, 6.45) is 0.215. The highest BCUT2D eigenvalue weighted by Gasteiger charge is 2.35. The van der Waals surface area contributed by atoms with E-state index in [1.165, 1.54) is 5.56 Å². The van der Waals surface area contributed by atoms with Gasteiger partial charge in [-0.3, -0.25) is 9.59 Å². The van der Waals surface area contributed by atoms with E-state index in [4.69, 9.17) is 9.47 Å². The lowest BCUT2D eigenvalue weighted by atomic mass is 10.0. The topological polar surface area (TPSA) is 67.9 Å². The van der Waals surface area contributed by atoms with Crippen molar-refractivity contribution in [3.63, 3.8) is 0 Å². The van der Waals surface area contributed by atoms with Crippen molar-refractivity contribution in [2.24, 2.45) is 5.92 Å². The van der Waals surface area contributed by atoms with Crippen molar-refractivity contribution in [3.05, 3.63) is 53.1 Å². The molecule has 146 valence electrons. The second-order valence-electron chi connectivity index (χ2n) is 7.38. The lowest BCUT2D eigenvalue weighted by molar-refractivity contribution is -0.126. The second kappa shape index (κ2) is 7.54. The molecular weight excluding hydrogens is 356 g/mol. The molecule has 0 saturated carbocycles. The highest BCUT2D eigenvalue weighted by Crippen LogP contribution is 2.36. The Morgan fingerprint density at radius 1 is 1.11 bits per heavy atom. The van der Waals surface area contributed by atoms with E-state index in [2.05, 4.69) is 11.4 Å². The molecule has 0 radical (unpaired) electrons. The van der Waals surface area contributed by atoms with Crippen LogP contribution in [0, 0.1) is 19.8 Å². The van der Waals surface area contributed by atoms with Crippen molar-refractivity contribution in [2.75, 3.05) is 24.7 Å². The van der Waals surface area contributed by atoms with Crippen molar-refractivity contribution < 1.29 is 19.1 Å². The lowest BCUT2D eigenvalue weighted by Gasteiger charge is -2.22. The van der Waals surface area contributed by atoms with Gasteiger partial charge in [0.2, 0.25) is 11.8 Å². The molecule has 1 atom stereocenters. The van der Waals surface area contributed by atoms with E-state index in [1.807, 2.05) is 44.2 Å². The average molecular weight is 380 g/mol. The summed E-state index contributed by atoms with van der Waals surface area (Å²) in [4.78, 5) is 26.8. The maximum absolute atomic E-state index is 12.6. The maximum atomic E-state index is 12.6. The Labute approximate surface area is 164 Å². The molecule has 4 rings (SSSR count). The first-order valence-electron chi connectivity index (χ1n) is 9.55. The minimum atomic E-state index is -0.355. The molecule has 0 aromatic heterocycles. The molecule has 6 heteroatoms. The molecular formula is C22H24N2O4. The Kier molecular flexibility index (Phi) is 4.94. The summed E-state index contributed by atoms with van der Waals surface area (Å²) in [5, 5.41) is 2.98. The first kappa shape index (κ1) is 18.3. The van der Waals surface area contributed by atoms with Gasteiger partial charge in [0.05, 0.1) is 5.92 Å². The molecule has 2 amide bonds. The molecule has 2 heterocycles. The molecule has 28 heavy (non-hydrogen) atoms. The minimum absolute atomic E-state index is 0.0525. The standard InChI is InChI=1S/C22H24N2O4/c1-14-3-4-16(15(2)9-14)12-23-22(26)17-10-21(25)24(13-17)18-5-6-19-20(11-18)28-8-7-27-19/h3-6,9,11,17H,7-8,10,12-13H2,1-2H3,(H,23,26). The van der Waals surface area contributed by atoms with E-state index < -0.39 is 0 Å². The molecule has 1 saturated heterocycles. The van der Waals surface area contributed by atoms with Crippen molar-refractivity contribution >= 4 is 17.5 Å². The number of nitrogens with one attached hydrogen (secondary N) is 1. The minimum Gasteiger partial charge on any atom is -0.486 e. The zero-order chi connectivity index (χ0) is 19.7. The van der Waals surface area contributed by atoms with Crippen LogP contribution in [0.25, 0.3) is 0 Å². The number of carbonyl (C=O) groups is 2. The quantitative estimate of drug-likeness (QED) is 0.886. The number of benzene rings is 2. The van der Waals surface area contributed by atoms with Gasteiger partial charge in [-0.1, -0.05) is 23.8 Å². The lowest BCUT2D eigenvalue weighted by Crippen LogP contribution is -2.32. The molecule has 2 aromatic carbocycles. The number of carbonyl (C=O) groups excluding carboxylic acids is 2. The van der Waals surface area contributed by atoms with Crippen LogP contribution in [0.3, 0.4) is 0 Å². The highest BCUT2D eigenvalue weighted by molar-refractivity contribution is 6.00. The van der Waals surface area contributed by atoms with Crippen LogP contribution in [0.5, 0.6) is 11.5 Å². The van der Waals surface area contributed by atoms with Crippen molar-refractivity contribution in [2.45, 2.75) is 26.8 Å². The van der Waals surface area contributed by atoms with E-state index in [9.17, 15) is 9.59 Å². The Balaban J connectivity index is 1.40. The van der Waals surface area contributed by atoms with Crippen LogP contribution in [0.4, 0.5) is 5.69 Å². The summed E-state index contributed by atoms with van der Waals surface area (Å²) in [5.74, 6) is 0.826. The van der Waals surface area contributed by atoms with Crippen LogP contribution in [0.15, 0.2) is 36.4 Å². The van der Waals surface area contributed by atoms with Crippen LogP contribution in [-0.4, -0.2) is 31.6 Å². The van der Waals surface area contributed by atoms with Crippen molar-refractivity contribution in [3.8, 4) is 11.5 Å². The summed E-state index contributed by atoms with van der Waals surface area (Å²) in [7, 11) is 0. The average Bonchev–Trinajstić information content (AvgIpc) is 3.08. The normalized spacial score (nSPS) is 18.3. The van der Waals surface area contributed by atoms with Gasteiger partial charge in [-0.05, 0) is 37.1 Å². The maximum Gasteiger partial charge on any atom is 0.227 e. The Hall–Kier alpha value is -3.02. The number of nitrogens with zero attached hydrogens (tertiary/aromatic N) is 1. The van der Waals surface area contributed by atoms with Gasteiger partial charge in [0.15, 0.2) is 11.5 Å². The Bertz CT molecular complexity index is 925. The van der Waals surface area contributed by atoms with Crippen LogP contribution in [0.1, 0.15) is 23.1 Å². The van der Waals surface area contributed by atoms with Crippen LogP contribution >= 0.6 is 0 Å². The van der Waals surface area contributed by atoms with Gasteiger partial charge < -0.3 is 19.7 Å². The van der Waals surface area contributed by atoms with Gasteiger partial charge in [0, 0.05) is 31.3 Å². The Morgan fingerprint density at radius 2 is 1.89 bits per heavy atom. The van der Waals surface area contributed by atoms with Gasteiger partial charge in [-0.25, -0.2) is 0 Å². The van der Waals surface area contributed by atoms with Crippen LogP contribution in [-0.2, 0) is 16.1 Å². The number of hydrogen-bond donors (Lipinski definition) is 1. The molecule has 1 unspecified atom stereocenters. The van der Waals surface area contributed by atoms with Gasteiger partial charge in [-0.15, -0.1) is 0 Å². The summed E-state index contributed by atoms with van der Waals surface area (Å²) in [6.45, 7) is 5.95. The van der Waals surface area contributed by atoms with Crippen LogP contribution in [0.2, 0.25) is 0 Å². The molecule has 0 aliphatic carbocycles. The zero-order valence-electron chi connectivity index (χ0n) is 16.2. The highest BCUT2D eigenvalue weighted by atomic mass is 16.6. The number of fused-ring (bicyclic) bond motifs is 1. The van der Waals surface area contributed by atoms with Crippen LogP contribution < -0.4 is 19.7 Å². The molecule has 1 N–H and O–H groups in total. The number of hydrogen-bond acceptors (Lipinski definition) is 4. The predicted octanol–water partition coefficient (Wildman–Crippen LogP) is 2.74. The number of anilines is 1. The first-order chi connectivity index (χ1) is 13.5. The molecule has 2 aliphatic rings. The molecule has 2 aromatic rings. The van der Waals surface area contributed by atoms with Gasteiger partial charge in [0.25, 0.3) is 0 Å². The Morgan fingerprint density at radius 3 is 2.68 bits per heavy atom. The third-order valence-electron chi connectivity index (χ3n) is 5.28. The molecule has 0 spiro atoms. The second-order valence-corrected chi connectivity index (χ2v) is 7.38. The van der Waals surface area contributed by atoms with E-state index in [0.29, 0.717) is 37.8 Å². The fourth-order valence-corrected chi connectivity index (χ4v) is 3.70. The smallest absolute Gasteiger partial charge is 0.227 e. The third-order valence-corrected chi connectivity index (χ3v) is 5.28. The van der Waals surface area contributed by atoms with E-state index in [0.717, 1.165) is 16.8 Å². The van der Waals surface area contributed by atoms with Gasteiger partial charge >= 0.3 is 0 Å². The number of amides is 2. The largest absolute Gasteiger partial charge is 0.486 e. The third kappa shape index (κ3) is 3.67. The first-order valence-corrected chi connectivity index (χ1v) is 9.55. The van der Waals surface area contributed by atoms with Gasteiger partial charge in [-0.2, -0.15) is 0 Å². The van der Waals surface area contributed by atoms with Gasteiger partial charge in [0.1, 0.15) is 13.2 Å². The van der Waals surface area contributed by atoms with E-state index >= 15 is 0 Å². The molecule has 6 nitrogen and oxygen atoms in total. The number of ether oxygens (including phenoxy) is 2. The number of rotatable bonds is 4. The number of aryl methyl sites for hydroxylation is 2. The molecule has 0 bridgehead atoms. The van der Waals surface area contributed by atoms with Crippen molar-refractivity contribution in [1.82, 2.24) is 5.32 Å². The molecule has 1 fully saturated rings. The summed E-state index contributed by atoms with van der Waals surface area (Å²) in [5.41, 5.74) is 4.18. The molecule has 2 aliphatic heterocycles. The fraction of sp³-hybridized carbons (Fsp3) is 0.364. The fourth-order valence-electron chi connectivity index (χ4n) is 3.70. The monoisotopic (exact) mass is 380 g/mol. The van der Waals surface area contributed by atoms with E-state index in [1.54, 1.807) is 4.90 Å². The van der Waals surface area contributed by atoms with E-state index in [-0.39, 0.29) is 24.2 Å². The SMILES string of the molecule is Cc1ccc(CNC(=O)C2CC(=O)N(c3ccc4c(c3)OCCO4)C2)c(C)c1. The van der Waals surface area contributed by atoms with Crippen molar-refractivity contribution in [1.29, 1.82) is 0 Å². The predicted molar refractivity (Wildman–Crippen MR) is 106 cm³/mol.